The topological polar surface area (TPSA) is 3.24 Å². The minimum absolute atomic E-state index is 0.943. The van der Waals surface area contributed by atoms with Crippen molar-refractivity contribution >= 4 is 0 Å². The molecule has 2 fully saturated rings. The molecule has 118 valence electrons. The van der Waals surface area contributed by atoms with Gasteiger partial charge in [0.05, 0.1) is 0 Å². The molecule has 1 heteroatoms. The lowest BCUT2D eigenvalue weighted by Crippen LogP contribution is -2.45. The fraction of sp³-hybridized carbons (Fsp3) is 1.00. The summed E-state index contributed by atoms with van der Waals surface area (Å²) >= 11 is 0. The molecule has 0 N–H and O–H groups in total. The van der Waals surface area contributed by atoms with Gasteiger partial charge in [-0.2, -0.15) is 0 Å². The lowest BCUT2D eigenvalue weighted by molar-refractivity contribution is 0.0788. The molecule has 0 aromatic carbocycles. The smallest absolute Gasteiger partial charge is 0.00981 e. The largest absolute Gasteiger partial charge is 0.297 e. The van der Waals surface area contributed by atoms with Crippen LogP contribution in [0.4, 0.5) is 0 Å². The quantitative estimate of drug-likeness (QED) is 0.498. The van der Waals surface area contributed by atoms with E-state index in [1.165, 1.54) is 103 Å². The van der Waals surface area contributed by atoms with Crippen molar-refractivity contribution in [2.75, 3.05) is 6.54 Å². The van der Waals surface area contributed by atoms with Gasteiger partial charge < -0.3 is 0 Å². The molecule has 0 aliphatic heterocycles. The normalized spacial score (nSPS) is 22.5. The molecule has 20 heavy (non-hydrogen) atoms. The summed E-state index contributed by atoms with van der Waals surface area (Å²) in [6.45, 7) is 3.72. The molecule has 2 saturated carbocycles. The zero-order valence-electron chi connectivity index (χ0n) is 13.9. The van der Waals surface area contributed by atoms with Crippen LogP contribution < -0.4 is 0 Å². The van der Waals surface area contributed by atoms with Gasteiger partial charge in [-0.1, -0.05) is 71.1 Å². The molecule has 0 heterocycles. The van der Waals surface area contributed by atoms with E-state index in [9.17, 15) is 0 Å². The zero-order valence-corrected chi connectivity index (χ0v) is 13.9. The van der Waals surface area contributed by atoms with Crippen LogP contribution >= 0.6 is 0 Å². The minimum atomic E-state index is 0.943. The monoisotopic (exact) mass is 279 g/mol. The van der Waals surface area contributed by atoms with Gasteiger partial charge in [0.2, 0.25) is 0 Å². The molecule has 0 atom stereocenters. The standard InChI is InChI=1S/C19H37N/c1-2-3-4-5-12-17-20(18-13-8-6-9-14-18)19-15-10-7-11-16-19/h18-19H,2-17H2,1H3. The fourth-order valence-electron chi connectivity index (χ4n) is 4.39. The summed E-state index contributed by atoms with van der Waals surface area (Å²) in [5, 5.41) is 0. The molecule has 1 nitrogen and oxygen atoms in total. The van der Waals surface area contributed by atoms with Gasteiger partial charge in [0.25, 0.3) is 0 Å². The average Bonchev–Trinajstić information content (AvgIpc) is 2.53. The third-order valence-corrected chi connectivity index (χ3v) is 5.61. The Bertz CT molecular complexity index is 208. The Labute approximate surface area is 127 Å². The van der Waals surface area contributed by atoms with Crippen LogP contribution in [0.2, 0.25) is 0 Å². The SMILES string of the molecule is CCCCCCCN(C1CCCCC1)C1CCCCC1. The van der Waals surface area contributed by atoms with Crippen LogP contribution in [0, 0.1) is 0 Å². The Morgan fingerprint density at radius 3 is 1.65 bits per heavy atom. The highest BCUT2D eigenvalue weighted by Gasteiger charge is 2.28. The minimum Gasteiger partial charge on any atom is -0.297 e. The van der Waals surface area contributed by atoms with Crippen molar-refractivity contribution in [1.29, 1.82) is 0 Å². The average molecular weight is 280 g/mol. The summed E-state index contributed by atoms with van der Waals surface area (Å²) in [5.41, 5.74) is 0. The van der Waals surface area contributed by atoms with Gasteiger partial charge in [-0.15, -0.1) is 0 Å². The van der Waals surface area contributed by atoms with Crippen LogP contribution in [-0.4, -0.2) is 23.5 Å². The highest BCUT2D eigenvalue weighted by molar-refractivity contribution is 4.83. The summed E-state index contributed by atoms with van der Waals surface area (Å²) in [4.78, 5) is 2.98. The predicted molar refractivity (Wildman–Crippen MR) is 89.2 cm³/mol. The van der Waals surface area contributed by atoms with Gasteiger partial charge in [-0.3, -0.25) is 4.90 Å². The zero-order chi connectivity index (χ0) is 14.0. The molecule has 0 amide bonds. The van der Waals surface area contributed by atoms with E-state index < -0.39 is 0 Å². The predicted octanol–water partition coefficient (Wildman–Crippen LogP) is 5.92. The van der Waals surface area contributed by atoms with Gasteiger partial charge in [0.15, 0.2) is 0 Å². The van der Waals surface area contributed by atoms with Crippen molar-refractivity contribution in [3.8, 4) is 0 Å². The second-order valence-electron chi connectivity index (χ2n) is 7.24. The molecule has 0 saturated heterocycles. The molecule has 0 radical (unpaired) electrons. The first-order valence-corrected chi connectivity index (χ1v) is 9.67. The molecule has 0 aromatic heterocycles. The molecule has 2 aliphatic rings. The molecule has 0 unspecified atom stereocenters. The van der Waals surface area contributed by atoms with Gasteiger partial charge in [0.1, 0.15) is 0 Å². The molecule has 2 aliphatic carbocycles. The van der Waals surface area contributed by atoms with Crippen LogP contribution in [0.15, 0.2) is 0 Å². The number of nitrogens with zero attached hydrogens (tertiary/aromatic N) is 1. The maximum Gasteiger partial charge on any atom is 0.00981 e. The summed E-state index contributed by atoms with van der Waals surface area (Å²) < 4.78 is 0. The Hall–Kier alpha value is -0.0400. The maximum atomic E-state index is 2.98. The molecule has 0 bridgehead atoms. The van der Waals surface area contributed by atoms with Gasteiger partial charge in [0, 0.05) is 12.1 Å². The van der Waals surface area contributed by atoms with Crippen LogP contribution in [-0.2, 0) is 0 Å². The van der Waals surface area contributed by atoms with E-state index in [-0.39, 0.29) is 0 Å². The van der Waals surface area contributed by atoms with Gasteiger partial charge >= 0.3 is 0 Å². The third-order valence-electron chi connectivity index (χ3n) is 5.61. The molecule has 2 rings (SSSR count). The second kappa shape index (κ2) is 9.82. The highest BCUT2D eigenvalue weighted by atomic mass is 15.2. The van der Waals surface area contributed by atoms with E-state index in [0.29, 0.717) is 0 Å². The molecule has 0 spiro atoms. The molecule has 0 aromatic rings. The Kier molecular flexibility index (Phi) is 8.02. The third kappa shape index (κ3) is 5.39. The van der Waals surface area contributed by atoms with Crippen molar-refractivity contribution in [2.24, 2.45) is 0 Å². The van der Waals surface area contributed by atoms with Crippen LogP contribution in [0.3, 0.4) is 0 Å². The maximum absolute atomic E-state index is 2.98. The lowest BCUT2D eigenvalue weighted by Gasteiger charge is -2.41. The summed E-state index contributed by atoms with van der Waals surface area (Å²) in [6.07, 6.45) is 22.1. The number of unbranched alkanes of at least 4 members (excludes halogenated alkanes) is 4. The van der Waals surface area contributed by atoms with Crippen LogP contribution in [0.1, 0.15) is 103 Å². The first-order valence-electron chi connectivity index (χ1n) is 9.67. The summed E-state index contributed by atoms with van der Waals surface area (Å²) in [7, 11) is 0. The van der Waals surface area contributed by atoms with Crippen molar-refractivity contribution in [3.05, 3.63) is 0 Å². The van der Waals surface area contributed by atoms with Gasteiger partial charge in [-0.25, -0.2) is 0 Å². The fourth-order valence-corrected chi connectivity index (χ4v) is 4.39. The summed E-state index contributed by atoms with van der Waals surface area (Å²) in [5.74, 6) is 0. The lowest BCUT2D eigenvalue weighted by atomic mass is 9.88. The van der Waals surface area contributed by atoms with E-state index in [2.05, 4.69) is 11.8 Å². The van der Waals surface area contributed by atoms with E-state index in [1.54, 1.807) is 0 Å². The number of hydrogen-bond acceptors (Lipinski definition) is 1. The molecular formula is C19H37N. The van der Waals surface area contributed by atoms with Crippen LogP contribution in [0.5, 0.6) is 0 Å². The van der Waals surface area contributed by atoms with E-state index >= 15 is 0 Å². The number of hydrogen-bond donors (Lipinski definition) is 0. The first kappa shape index (κ1) is 16.3. The summed E-state index contributed by atoms with van der Waals surface area (Å²) in [6, 6.07) is 1.89. The van der Waals surface area contributed by atoms with Gasteiger partial charge in [-0.05, 0) is 38.6 Å². The van der Waals surface area contributed by atoms with E-state index in [1.807, 2.05) is 0 Å². The van der Waals surface area contributed by atoms with Crippen molar-refractivity contribution in [1.82, 2.24) is 4.90 Å². The van der Waals surface area contributed by atoms with Crippen molar-refractivity contribution in [2.45, 2.75) is 115 Å². The molecular weight excluding hydrogens is 242 g/mol. The number of rotatable bonds is 8. The Morgan fingerprint density at radius 2 is 1.15 bits per heavy atom. The van der Waals surface area contributed by atoms with Crippen molar-refractivity contribution in [3.63, 3.8) is 0 Å². The second-order valence-corrected chi connectivity index (χ2v) is 7.24. The van der Waals surface area contributed by atoms with E-state index in [4.69, 9.17) is 0 Å². The highest BCUT2D eigenvalue weighted by Crippen LogP contribution is 2.30. The van der Waals surface area contributed by atoms with E-state index in [0.717, 1.165) is 12.1 Å². The Morgan fingerprint density at radius 1 is 0.650 bits per heavy atom. The van der Waals surface area contributed by atoms with Crippen molar-refractivity contribution < 1.29 is 0 Å². The van der Waals surface area contributed by atoms with Crippen LogP contribution in [0.25, 0.3) is 0 Å². The Balaban J connectivity index is 1.78. The first-order chi connectivity index (χ1) is 9.92.